The molecule has 0 bridgehead atoms. The average Bonchev–Trinajstić information content (AvgIpc) is 2.84. The molecule has 0 aromatic carbocycles. The summed E-state index contributed by atoms with van der Waals surface area (Å²) in [5.41, 5.74) is 0.483. The largest absolute Gasteiger partial charge is 0.330 e. The molecular formula is C14H17N5O. The molecule has 3 rings (SSSR count). The monoisotopic (exact) mass is 271 g/mol. The van der Waals surface area contributed by atoms with Crippen LogP contribution in [0.5, 0.6) is 0 Å². The summed E-state index contributed by atoms with van der Waals surface area (Å²) in [5, 5.41) is 4.61. The lowest BCUT2D eigenvalue weighted by Crippen LogP contribution is -2.40. The Morgan fingerprint density at radius 2 is 2.25 bits per heavy atom. The molecule has 6 nitrogen and oxygen atoms in total. The maximum absolute atomic E-state index is 12.5. The highest BCUT2D eigenvalue weighted by atomic mass is 16.1. The van der Waals surface area contributed by atoms with Crippen molar-refractivity contribution in [3.63, 3.8) is 0 Å². The van der Waals surface area contributed by atoms with Gasteiger partial charge in [-0.2, -0.15) is 0 Å². The second kappa shape index (κ2) is 4.67. The SMILES string of the molecule is C#CCN1CCCn2c1nn1c(C(C)C)ncc1c2=O. The van der Waals surface area contributed by atoms with E-state index in [1.165, 1.54) is 0 Å². The minimum absolute atomic E-state index is 0.0453. The van der Waals surface area contributed by atoms with Crippen molar-refractivity contribution in [1.82, 2.24) is 19.2 Å². The van der Waals surface area contributed by atoms with Crippen LogP contribution in [0, 0.1) is 12.3 Å². The molecule has 0 atom stereocenters. The molecule has 0 amide bonds. The predicted octanol–water partition coefficient (Wildman–Crippen LogP) is 0.858. The Bertz CT molecular complexity index is 749. The Balaban J connectivity index is 2.28. The fourth-order valence-corrected chi connectivity index (χ4v) is 2.59. The van der Waals surface area contributed by atoms with E-state index in [1.54, 1.807) is 15.3 Å². The predicted molar refractivity (Wildman–Crippen MR) is 77.0 cm³/mol. The molecule has 0 radical (unpaired) electrons. The zero-order chi connectivity index (χ0) is 14.3. The number of aromatic nitrogens is 4. The first-order valence-electron chi connectivity index (χ1n) is 6.80. The van der Waals surface area contributed by atoms with Gasteiger partial charge in [0.25, 0.3) is 5.56 Å². The minimum atomic E-state index is -0.0453. The van der Waals surface area contributed by atoms with Gasteiger partial charge in [-0.15, -0.1) is 11.5 Å². The zero-order valence-corrected chi connectivity index (χ0v) is 11.7. The molecule has 2 aromatic rings. The van der Waals surface area contributed by atoms with Crippen molar-refractivity contribution in [1.29, 1.82) is 0 Å². The van der Waals surface area contributed by atoms with E-state index in [9.17, 15) is 4.79 Å². The van der Waals surface area contributed by atoms with Gasteiger partial charge in [0.15, 0.2) is 5.52 Å². The summed E-state index contributed by atoms with van der Waals surface area (Å²) in [6.45, 7) is 6.04. The van der Waals surface area contributed by atoms with Crippen LogP contribution in [0.4, 0.5) is 5.95 Å². The molecule has 1 aliphatic heterocycles. The smallest absolute Gasteiger partial charge is 0.280 e. The van der Waals surface area contributed by atoms with Gasteiger partial charge in [0.05, 0.1) is 12.7 Å². The van der Waals surface area contributed by atoms with Crippen LogP contribution in [0.3, 0.4) is 0 Å². The summed E-state index contributed by atoms with van der Waals surface area (Å²) in [7, 11) is 0. The topological polar surface area (TPSA) is 55.4 Å². The van der Waals surface area contributed by atoms with E-state index in [-0.39, 0.29) is 11.5 Å². The normalized spacial score (nSPS) is 14.6. The van der Waals surface area contributed by atoms with E-state index in [0.29, 0.717) is 24.6 Å². The van der Waals surface area contributed by atoms with Crippen LogP contribution in [0.2, 0.25) is 0 Å². The lowest BCUT2D eigenvalue weighted by Gasteiger charge is -2.29. The van der Waals surface area contributed by atoms with Gasteiger partial charge in [-0.1, -0.05) is 19.8 Å². The van der Waals surface area contributed by atoms with Crippen LogP contribution in [0.15, 0.2) is 11.0 Å². The quantitative estimate of drug-likeness (QED) is 0.760. The van der Waals surface area contributed by atoms with E-state index in [2.05, 4.69) is 16.0 Å². The van der Waals surface area contributed by atoms with E-state index >= 15 is 0 Å². The Morgan fingerprint density at radius 3 is 2.95 bits per heavy atom. The van der Waals surface area contributed by atoms with Gasteiger partial charge in [0.2, 0.25) is 5.95 Å². The molecule has 6 heteroatoms. The molecule has 0 aliphatic carbocycles. The maximum Gasteiger partial charge on any atom is 0.280 e. The van der Waals surface area contributed by atoms with Crippen molar-refractivity contribution >= 4 is 11.5 Å². The standard InChI is InChI=1S/C14H17N5O/c1-4-6-17-7-5-8-18-13(20)11-9-15-12(10(2)3)19(11)16-14(17)18/h1,9-10H,5-8H2,2-3H3. The molecular weight excluding hydrogens is 254 g/mol. The maximum atomic E-state index is 12.5. The van der Waals surface area contributed by atoms with E-state index in [4.69, 9.17) is 6.42 Å². The summed E-state index contributed by atoms with van der Waals surface area (Å²) in [6, 6.07) is 0. The first-order chi connectivity index (χ1) is 9.63. The van der Waals surface area contributed by atoms with Crippen LogP contribution in [-0.4, -0.2) is 32.3 Å². The van der Waals surface area contributed by atoms with Gasteiger partial charge in [0.1, 0.15) is 5.82 Å². The molecule has 1 aliphatic rings. The highest BCUT2D eigenvalue weighted by Crippen LogP contribution is 2.18. The number of rotatable bonds is 2. The second-order valence-corrected chi connectivity index (χ2v) is 5.30. The average molecular weight is 271 g/mol. The molecule has 0 N–H and O–H groups in total. The summed E-state index contributed by atoms with van der Waals surface area (Å²) >= 11 is 0. The van der Waals surface area contributed by atoms with Crippen LogP contribution in [0.1, 0.15) is 32.0 Å². The van der Waals surface area contributed by atoms with E-state index in [0.717, 1.165) is 18.8 Å². The minimum Gasteiger partial charge on any atom is -0.330 e. The molecule has 0 fully saturated rings. The third-order valence-electron chi connectivity index (χ3n) is 3.55. The summed E-state index contributed by atoms with van der Waals surface area (Å²) in [5.74, 6) is 4.27. The van der Waals surface area contributed by atoms with Crippen LogP contribution >= 0.6 is 0 Å². The van der Waals surface area contributed by atoms with Crippen LogP contribution in [0.25, 0.3) is 5.52 Å². The third-order valence-corrected chi connectivity index (χ3v) is 3.55. The van der Waals surface area contributed by atoms with Crippen molar-refractivity contribution in [2.75, 3.05) is 18.0 Å². The van der Waals surface area contributed by atoms with Gasteiger partial charge < -0.3 is 4.90 Å². The van der Waals surface area contributed by atoms with Crippen molar-refractivity contribution in [3.8, 4) is 12.3 Å². The zero-order valence-electron chi connectivity index (χ0n) is 11.7. The highest BCUT2D eigenvalue weighted by Gasteiger charge is 2.22. The highest BCUT2D eigenvalue weighted by molar-refractivity contribution is 5.47. The molecule has 3 heterocycles. The molecule has 0 unspecified atom stereocenters. The number of terminal acetylenes is 1. The van der Waals surface area contributed by atoms with Gasteiger partial charge in [-0.05, 0) is 6.42 Å². The van der Waals surface area contributed by atoms with Crippen molar-refractivity contribution < 1.29 is 0 Å². The lowest BCUT2D eigenvalue weighted by molar-refractivity contribution is 0.530. The Hall–Kier alpha value is -2.29. The Morgan fingerprint density at radius 1 is 1.45 bits per heavy atom. The summed E-state index contributed by atoms with van der Waals surface area (Å²) < 4.78 is 3.36. The molecule has 20 heavy (non-hydrogen) atoms. The third kappa shape index (κ3) is 1.78. The van der Waals surface area contributed by atoms with Crippen molar-refractivity contribution in [2.45, 2.75) is 32.7 Å². The summed E-state index contributed by atoms with van der Waals surface area (Å²) in [4.78, 5) is 18.8. The second-order valence-electron chi connectivity index (χ2n) is 5.30. The number of anilines is 1. The van der Waals surface area contributed by atoms with E-state index < -0.39 is 0 Å². The first-order valence-corrected chi connectivity index (χ1v) is 6.80. The van der Waals surface area contributed by atoms with Crippen LogP contribution < -0.4 is 10.5 Å². The Labute approximate surface area is 117 Å². The number of imidazole rings is 1. The van der Waals surface area contributed by atoms with Crippen LogP contribution in [-0.2, 0) is 6.54 Å². The molecule has 104 valence electrons. The fraction of sp³-hybridized carbons (Fsp3) is 0.500. The Kier molecular flexibility index (Phi) is 2.97. The molecule has 0 saturated carbocycles. The van der Waals surface area contributed by atoms with Gasteiger partial charge in [-0.25, -0.2) is 9.50 Å². The lowest BCUT2D eigenvalue weighted by atomic mass is 10.2. The first kappa shape index (κ1) is 12.7. The number of hydrogen-bond acceptors (Lipinski definition) is 4. The summed E-state index contributed by atoms with van der Waals surface area (Å²) in [6.07, 6.45) is 7.91. The van der Waals surface area contributed by atoms with Crippen molar-refractivity contribution in [3.05, 3.63) is 22.4 Å². The number of hydrogen-bond donors (Lipinski definition) is 0. The number of fused-ring (bicyclic) bond motifs is 2. The van der Waals surface area contributed by atoms with E-state index in [1.807, 2.05) is 18.7 Å². The van der Waals surface area contributed by atoms with Gasteiger partial charge in [-0.3, -0.25) is 9.36 Å². The molecule has 0 saturated heterocycles. The van der Waals surface area contributed by atoms with Gasteiger partial charge >= 0.3 is 0 Å². The van der Waals surface area contributed by atoms with Crippen molar-refractivity contribution in [2.24, 2.45) is 0 Å². The fourth-order valence-electron chi connectivity index (χ4n) is 2.59. The van der Waals surface area contributed by atoms with Gasteiger partial charge in [0, 0.05) is 19.0 Å². The molecule has 2 aromatic heterocycles. The molecule has 0 spiro atoms. The number of nitrogens with zero attached hydrogens (tertiary/aromatic N) is 5.